The first-order valence-corrected chi connectivity index (χ1v) is 6.64. The second-order valence-electron chi connectivity index (χ2n) is 4.63. The largest absolute Gasteiger partial charge is 0.496 e. The lowest BCUT2D eigenvalue weighted by Crippen LogP contribution is -2.46. The summed E-state index contributed by atoms with van der Waals surface area (Å²) in [6.45, 7) is 2.60. The van der Waals surface area contributed by atoms with Gasteiger partial charge in [-0.2, -0.15) is 0 Å². The molecule has 0 saturated carbocycles. The number of likely N-dealkylation sites (tertiary alicyclic amines) is 1. The number of halogens is 1. The molecule has 98 valence electrons. The maximum Gasteiger partial charge on any atom is 0.303 e. The predicted molar refractivity (Wildman–Crippen MR) is 71.7 cm³/mol. The molecule has 0 aliphatic carbocycles. The fraction of sp³-hybridized carbons (Fsp3) is 0.462. The molecule has 18 heavy (non-hydrogen) atoms. The van der Waals surface area contributed by atoms with Crippen molar-refractivity contribution in [3.63, 3.8) is 0 Å². The maximum atomic E-state index is 10.5. The number of carboxylic acid groups (broad SMARTS) is 1. The van der Waals surface area contributed by atoms with E-state index >= 15 is 0 Å². The van der Waals surface area contributed by atoms with E-state index in [2.05, 4.69) is 20.8 Å². The Balaban J connectivity index is 1.85. The molecular weight excluding hydrogens is 298 g/mol. The second kappa shape index (κ2) is 5.71. The standard InChI is InChI=1S/C13H16BrNO3/c1-18-12-3-2-9(4-11(12)14)6-15-7-10(8-15)5-13(16)17/h2-4,10H,5-8H2,1H3,(H,16,17). The number of carboxylic acids is 1. The summed E-state index contributed by atoms with van der Waals surface area (Å²) in [6, 6.07) is 6.02. The number of benzene rings is 1. The van der Waals surface area contributed by atoms with Gasteiger partial charge >= 0.3 is 5.97 Å². The third-order valence-corrected chi connectivity index (χ3v) is 3.74. The predicted octanol–water partition coefficient (Wildman–Crippen LogP) is 2.36. The van der Waals surface area contributed by atoms with Crippen molar-refractivity contribution in [2.24, 2.45) is 5.92 Å². The molecule has 0 bridgehead atoms. The summed E-state index contributed by atoms with van der Waals surface area (Å²) in [5.41, 5.74) is 1.21. The van der Waals surface area contributed by atoms with Crippen LogP contribution in [0, 0.1) is 5.92 Å². The van der Waals surface area contributed by atoms with E-state index in [1.165, 1.54) is 5.56 Å². The lowest BCUT2D eigenvalue weighted by Gasteiger charge is -2.38. The van der Waals surface area contributed by atoms with Gasteiger partial charge in [0.15, 0.2) is 0 Å². The number of rotatable bonds is 5. The fourth-order valence-electron chi connectivity index (χ4n) is 2.25. The quantitative estimate of drug-likeness (QED) is 0.906. The van der Waals surface area contributed by atoms with Gasteiger partial charge in [-0.15, -0.1) is 0 Å². The molecule has 1 aliphatic rings. The minimum atomic E-state index is -0.702. The Kier molecular flexibility index (Phi) is 4.24. The van der Waals surface area contributed by atoms with E-state index in [0.29, 0.717) is 5.92 Å². The van der Waals surface area contributed by atoms with Crippen LogP contribution < -0.4 is 4.74 Å². The molecule has 1 aromatic carbocycles. The van der Waals surface area contributed by atoms with Crippen LogP contribution in [0.5, 0.6) is 5.75 Å². The monoisotopic (exact) mass is 313 g/mol. The van der Waals surface area contributed by atoms with Crippen molar-refractivity contribution in [1.82, 2.24) is 4.90 Å². The maximum absolute atomic E-state index is 10.5. The Morgan fingerprint density at radius 3 is 2.83 bits per heavy atom. The van der Waals surface area contributed by atoms with Crippen LogP contribution in [0.3, 0.4) is 0 Å². The SMILES string of the molecule is COc1ccc(CN2CC(CC(=O)O)C2)cc1Br. The van der Waals surface area contributed by atoms with Crippen LogP contribution in [0.1, 0.15) is 12.0 Å². The highest BCUT2D eigenvalue weighted by molar-refractivity contribution is 9.10. The molecule has 1 aromatic rings. The molecule has 0 aromatic heterocycles. The summed E-state index contributed by atoms with van der Waals surface area (Å²) in [5.74, 6) is 0.433. The highest BCUT2D eigenvalue weighted by atomic mass is 79.9. The Bertz CT molecular complexity index is 444. The van der Waals surface area contributed by atoms with Gasteiger partial charge in [0.25, 0.3) is 0 Å². The first-order valence-electron chi connectivity index (χ1n) is 5.85. The Labute approximate surface area is 115 Å². The normalized spacial score (nSPS) is 16.3. The number of aliphatic carboxylic acids is 1. The topological polar surface area (TPSA) is 49.8 Å². The van der Waals surface area contributed by atoms with Gasteiger partial charge in [0.2, 0.25) is 0 Å². The molecule has 0 amide bonds. The van der Waals surface area contributed by atoms with E-state index in [0.717, 1.165) is 29.9 Å². The number of hydrogen-bond donors (Lipinski definition) is 1. The Morgan fingerprint density at radius 2 is 2.28 bits per heavy atom. The molecule has 2 rings (SSSR count). The molecule has 5 heteroatoms. The van der Waals surface area contributed by atoms with Crippen LogP contribution >= 0.6 is 15.9 Å². The summed E-state index contributed by atoms with van der Waals surface area (Å²) in [7, 11) is 1.64. The van der Waals surface area contributed by atoms with Gasteiger partial charge in [-0.3, -0.25) is 9.69 Å². The molecular formula is C13H16BrNO3. The minimum absolute atomic E-state index is 0.281. The molecule has 1 heterocycles. The average molecular weight is 314 g/mol. The van der Waals surface area contributed by atoms with E-state index in [1.54, 1.807) is 7.11 Å². The molecule has 0 atom stereocenters. The van der Waals surface area contributed by atoms with Crippen LogP contribution in [0.2, 0.25) is 0 Å². The van der Waals surface area contributed by atoms with Crippen LogP contribution in [0.4, 0.5) is 0 Å². The van der Waals surface area contributed by atoms with Gasteiger partial charge in [-0.25, -0.2) is 0 Å². The van der Waals surface area contributed by atoms with Gasteiger partial charge in [0.1, 0.15) is 5.75 Å². The van der Waals surface area contributed by atoms with Crippen LogP contribution in [-0.4, -0.2) is 36.2 Å². The summed E-state index contributed by atoms with van der Waals surface area (Å²) in [4.78, 5) is 12.8. The molecule has 1 aliphatic heterocycles. The zero-order valence-corrected chi connectivity index (χ0v) is 11.8. The fourth-order valence-corrected chi connectivity index (χ4v) is 2.84. The van der Waals surface area contributed by atoms with Crippen LogP contribution in [-0.2, 0) is 11.3 Å². The second-order valence-corrected chi connectivity index (χ2v) is 5.48. The van der Waals surface area contributed by atoms with Gasteiger partial charge in [-0.1, -0.05) is 6.07 Å². The molecule has 0 radical (unpaired) electrons. The number of nitrogens with zero attached hydrogens (tertiary/aromatic N) is 1. The van der Waals surface area contributed by atoms with E-state index < -0.39 is 5.97 Å². The molecule has 0 unspecified atom stereocenters. The lowest BCUT2D eigenvalue weighted by atomic mass is 9.96. The van der Waals surface area contributed by atoms with E-state index in [1.807, 2.05) is 18.2 Å². The Hall–Kier alpha value is -1.07. The number of methoxy groups -OCH3 is 1. The average Bonchev–Trinajstić information content (AvgIpc) is 2.26. The first-order chi connectivity index (χ1) is 8.58. The number of carbonyl (C=O) groups is 1. The first kappa shape index (κ1) is 13.4. The van der Waals surface area contributed by atoms with Gasteiger partial charge in [0.05, 0.1) is 18.0 Å². The van der Waals surface area contributed by atoms with Crippen molar-refractivity contribution in [1.29, 1.82) is 0 Å². The van der Waals surface area contributed by atoms with E-state index in [9.17, 15) is 4.79 Å². The van der Waals surface area contributed by atoms with Crippen LogP contribution in [0.25, 0.3) is 0 Å². The summed E-state index contributed by atoms with van der Waals surface area (Å²) < 4.78 is 6.13. The third-order valence-electron chi connectivity index (χ3n) is 3.12. The van der Waals surface area contributed by atoms with Crippen molar-refractivity contribution in [3.05, 3.63) is 28.2 Å². The lowest BCUT2D eigenvalue weighted by molar-refractivity contribution is -0.139. The van der Waals surface area contributed by atoms with Crippen molar-refractivity contribution in [2.75, 3.05) is 20.2 Å². The zero-order chi connectivity index (χ0) is 13.1. The molecule has 1 fully saturated rings. The summed E-state index contributed by atoms with van der Waals surface area (Å²) in [6.07, 6.45) is 0.281. The van der Waals surface area contributed by atoms with Crippen molar-refractivity contribution in [3.8, 4) is 5.75 Å². The summed E-state index contributed by atoms with van der Waals surface area (Å²) in [5, 5.41) is 8.68. The highest BCUT2D eigenvalue weighted by Crippen LogP contribution is 2.27. The third kappa shape index (κ3) is 3.23. The van der Waals surface area contributed by atoms with Gasteiger partial charge in [0, 0.05) is 19.6 Å². The van der Waals surface area contributed by atoms with Crippen molar-refractivity contribution in [2.45, 2.75) is 13.0 Å². The highest BCUT2D eigenvalue weighted by Gasteiger charge is 2.28. The molecule has 4 nitrogen and oxygen atoms in total. The van der Waals surface area contributed by atoms with Gasteiger partial charge in [-0.05, 0) is 39.5 Å². The minimum Gasteiger partial charge on any atom is -0.496 e. The zero-order valence-electron chi connectivity index (χ0n) is 10.2. The Morgan fingerprint density at radius 1 is 1.56 bits per heavy atom. The number of ether oxygens (including phenoxy) is 1. The number of hydrogen-bond acceptors (Lipinski definition) is 3. The van der Waals surface area contributed by atoms with Crippen molar-refractivity contribution < 1.29 is 14.6 Å². The van der Waals surface area contributed by atoms with Crippen molar-refractivity contribution >= 4 is 21.9 Å². The van der Waals surface area contributed by atoms with E-state index in [-0.39, 0.29) is 6.42 Å². The van der Waals surface area contributed by atoms with E-state index in [4.69, 9.17) is 9.84 Å². The molecule has 0 spiro atoms. The summed E-state index contributed by atoms with van der Waals surface area (Å²) >= 11 is 3.46. The molecule has 1 N–H and O–H groups in total. The van der Waals surface area contributed by atoms with Crippen LogP contribution in [0.15, 0.2) is 22.7 Å². The molecule has 1 saturated heterocycles. The smallest absolute Gasteiger partial charge is 0.303 e. The van der Waals surface area contributed by atoms with Gasteiger partial charge < -0.3 is 9.84 Å².